The molecule has 0 aromatic heterocycles. The highest BCUT2D eigenvalue weighted by Gasteiger charge is 2.17. The Balaban J connectivity index is 2.31. The number of rotatable bonds is 4. The fourth-order valence-corrected chi connectivity index (χ4v) is 2.66. The Morgan fingerprint density at radius 1 is 1.12 bits per heavy atom. The van der Waals surface area contributed by atoms with E-state index in [1.807, 2.05) is 39.8 Å². The van der Waals surface area contributed by atoms with E-state index >= 15 is 0 Å². The average Bonchev–Trinajstić information content (AvgIpc) is 2.58. The second-order valence-electron chi connectivity index (χ2n) is 6.34. The molecular formula is C20H23NO5. The van der Waals surface area contributed by atoms with E-state index < -0.39 is 11.9 Å². The summed E-state index contributed by atoms with van der Waals surface area (Å²) in [5, 5.41) is 12.9. The van der Waals surface area contributed by atoms with Crippen molar-refractivity contribution >= 4 is 17.6 Å². The second kappa shape index (κ2) is 7.91. The normalized spacial score (nSPS) is 10.5. The highest BCUT2D eigenvalue weighted by molar-refractivity contribution is 6.37. The minimum atomic E-state index is -0.962. The summed E-state index contributed by atoms with van der Waals surface area (Å²) >= 11 is 0. The van der Waals surface area contributed by atoms with Crippen LogP contribution in [-0.4, -0.2) is 24.1 Å². The van der Waals surface area contributed by atoms with Crippen molar-refractivity contribution in [3.05, 3.63) is 47.0 Å². The molecule has 0 aliphatic carbocycles. The van der Waals surface area contributed by atoms with Crippen molar-refractivity contribution in [1.82, 2.24) is 0 Å². The molecule has 26 heavy (non-hydrogen) atoms. The molecule has 0 heterocycles. The Hall–Kier alpha value is -3.02. The van der Waals surface area contributed by atoms with Crippen LogP contribution in [0.15, 0.2) is 30.3 Å². The SMILES string of the molecule is COC(=O)C(=O)Nc1cc(C)c(Oc2cccc(C(C)C)c2O)c(C)c1. The molecule has 0 saturated carbocycles. The van der Waals surface area contributed by atoms with Crippen molar-refractivity contribution in [2.24, 2.45) is 0 Å². The molecule has 138 valence electrons. The number of carbonyl (C=O) groups is 2. The summed E-state index contributed by atoms with van der Waals surface area (Å²) < 4.78 is 10.3. The lowest BCUT2D eigenvalue weighted by atomic mass is 10.0. The topological polar surface area (TPSA) is 84.9 Å². The Morgan fingerprint density at radius 2 is 1.73 bits per heavy atom. The van der Waals surface area contributed by atoms with Crippen LogP contribution < -0.4 is 10.1 Å². The van der Waals surface area contributed by atoms with Crippen molar-refractivity contribution in [1.29, 1.82) is 0 Å². The lowest BCUT2D eigenvalue weighted by Gasteiger charge is -2.17. The van der Waals surface area contributed by atoms with Crippen LogP contribution >= 0.6 is 0 Å². The number of esters is 1. The maximum Gasteiger partial charge on any atom is 0.396 e. The Morgan fingerprint density at radius 3 is 2.27 bits per heavy atom. The van der Waals surface area contributed by atoms with Crippen molar-refractivity contribution in [2.75, 3.05) is 12.4 Å². The molecular weight excluding hydrogens is 334 g/mol. The number of phenols is 1. The van der Waals surface area contributed by atoms with Crippen LogP contribution in [0.3, 0.4) is 0 Å². The number of aromatic hydroxyl groups is 1. The van der Waals surface area contributed by atoms with Crippen LogP contribution in [-0.2, 0) is 14.3 Å². The first-order valence-electron chi connectivity index (χ1n) is 8.24. The van der Waals surface area contributed by atoms with Gasteiger partial charge in [0.2, 0.25) is 0 Å². The third-order valence-corrected chi connectivity index (χ3v) is 3.95. The summed E-state index contributed by atoms with van der Waals surface area (Å²) in [7, 11) is 1.15. The number of ether oxygens (including phenoxy) is 2. The molecule has 0 spiro atoms. The van der Waals surface area contributed by atoms with Gasteiger partial charge in [0.1, 0.15) is 5.75 Å². The van der Waals surface area contributed by atoms with Gasteiger partial charge in [0, 0.05) is 11.3 Å². The number of nitrogens with one attached hydrogen (secondary N) is 1. The largest absolute Gasteiger partial charge is 0.504 e. The molecule has 2 aromatic rings. The minimum Gasteiger partial charge on any atom is -0.504 e. The Labute approximate surface area is 152 Å². The number of benzene rings is 2. The molecule has 0 atom stereocenters. The first-order chi connectivity index (χ1) is 12.2. The smallest absolute Gasteiger partial charge is 0.396 e. The lowest BCUT2D eigenvalue weighted by Crippen LogP contribution is -2.23. The van der Waals surface area contributed by atoms with E-state index in [1.54, 1.807) is 18.2 Å². The number of carbonyl (C=O) groups excluding carboxylic acids is 2. The summed E-state index contributed by atoms with van der Waals surface area (Å²) in [6.45, 7) is 7.63. The van der Waals surface area contributed by atoms with Crippen molar-refractivity contribution in [3.8, 4) is 17.2 Å². The van der Waals surface area contributed by atoms with Crippen molar-refractivity contribution < 1.29 is 24.2 Å². The second-order valence-corrected chi connectivity index (χ2v) is 6.34. The third-order valence-electron chi connectivity index (χ3n) is 3.95. The minimum absolute atomic E-state index is 0.115. The third kappa shape index (κ3) is 4.14. The Bertz CT molecular complexity index is 819. The molecule has 0 saturated heterocycles. The maximum absolute atomic E-state index is 11.6. The zero-order valence-electron chi connectivity index (χ0n) is 15.5. The molecule has 0 unspecified atom stereocenters. The van der Waals surface area contributed by atoms with Gasteiger partial charge in [0.05, 0.1) is 7.11 Å². The van der Waals surface area contributed by atoms with Gasteiger partial charge in [-0.05, 0) is 49.1 Å². The van der Waals surface area contributed by atoms with E-state index in [4.69, 9.17) is 4.74 Å². The standard InChI is InChI=1S/C20H23NO5/c1-11(2)15-7-6-8-16(17(15)22)26-18-12(3)9-14(10-13(18)4)21-19(23)20(24)25-5/h6-11,22H,1-5H3,(H,21,23). The Kier molecular flexibility index (Phi) is 5.87. The van der Waals surface area contributed by atoms with Gasteiger partial charge in [-0.25, -0.2) is 4.79 Å². The van der Waals surface area contributed by atoms with E-state index in [-0.39, 0.29) is 11.7 Å². The number of anilines is 1. The van der Waals surface area contributed by atoms with Gasteiger partial charge in [0.25, 0.3) is 0 Å². The van der Waals surface area contributed by atoms with E-state index in [0.717, 1.165) is 23.8 Å². The summed E-state index contributed by atoms with van der Waals surface area (Å²) in [4.78, 5) is 22.9. The molecule has 2 N–H and O–H groups in total. The van der Waals surface area contributed by atoms with Crippen molar-refractivity contribution in [2.45, 2.75) is 33.6 Å². The average molecular weight is 357 g/mol. The van der Waals surface area contributed by atoms with Crippen LogP contribution in [0.4, 0.5) is 5.69 Å². The van der Waals surface area contributed by atoms with E-state index in [0.29, 0.717) is 17.2 Å². The zero-order chi connectivity index (χ0) is 19.4. The van der Waals surface area contributed by atoms with Crippen LogP contribution in [0.2, 0.25) is 0 Å². The predicted molar refractivity (Wildman–Crippen MR) is 98.8 cm³/mol. The van der Waals surface area contributed by atoms with Crippen LogP contribution in [0, 0.1) is 13.8 Å². The highest BCUT2D eigenvalue weighted by atomic mass is 16.5. The molecule has 0 radical (unpaired) electrons. The molecule has 0 bridgehead atoms. The molecule has 0 aliphatic rings. The van der Waals surface area contributed by atoms with Gasteiger partial charge in [-0.15, -0.1) is 0 Å². The molecule has 6 heteroatoms. The van der Waals surface area contributed by atoms with Crippen LogP contribution in [0.25, 0.3) is 0 Å². The molecule has 2 rings (SSSR count). The van der Waals surface area contributed by atoms with E-state index in [1.165, 1.54) is 0 Å². The van der Waals surface area contributed by atoms with E-state index in [9.17, 15) is 14.7 Å². The fourth-order valence-electron chi connectivity index (χ4n) is 2.66. The number of methoxy groups -OCH3 is 1. The summed E-state index contributed by atoms with van der Waals surface area (Å²) in [6.07, 6.45) is 0. The molecule has 1 amide bonds. The number of para-hydroxylation sites is 1. The zero-order valence-corrected chi connectivity index (χ0v) is 15.5. The fraction of sp³-hybridized carbons (Fsp3) is 0.300. The quantitative estimate of drug-likeness (QED) is 0.637. The molecule has 2 aromatic carbocycles. The van der Waals surface area contributed by atoms with Crippen LogP contribution in [0.1, 0.15) is 36.5 Å². The highest BCUT2D eigenvalue weighted by Crippen LogP contribution is 2.39. The van der Waals surface area contributed by atoms with Gasteiger partial charge in [-0.1, -0.05) is 26.0 Å². The number of amides is 1. The number of phenolic OH excluding ortho intramolecular Hbond substituents is 1. The first-order valence-corrected chi connectivity index (χ1v) is 8.24. The molecule has 0 fully saturated rings. The van der Waals surface area contributed by atoms with Crippen LogP contribution in [0.5, 0.6) is 17.2 Å². The van der Waals surface area contributed by atoms with Gasteiger partial charge in [-0.2, -0.15) is 0 Å². The van der Waals surface area contributed by atoms with Crippen molar-refractivity contribution in [3.63, 3.8) is 0 Å². The number of aryl methyl sites for hydroxylation is 2. The molecule has 6 nitrogen and oxygen atoms in total. The first kappa shape index (κ1) is 19.3. The van der Waals surface area contributed by atoms with Gasteiger partial charge in [0.15, 0.2) is 11.5 Å². The lowest BCUT2D eigenvalue weighted by molar-refractivity contribution is -0.150. The number of hydrogen-bond acceptors (Lipinski definition) is 5. The van der Waals surface area contributed by atoms with Gasteiger partial charge >= 0.3 is 11.9 Å². The summed E-state index contributed by atoms with van der Waals surface area (Å²) in [5.74, 6) is -0.578. The maximum atomic E-state index is 11.6. The monoisotopic (exact) mass is 357 g/mol. The molecule has 0 aliphatic heterocycles. The van der Waals surface area contributed by atoms with Gasteiger partial charge < -0.3 is 19.9 Å². The van der Waals surface area contributed by atoms with Gasteiger partial charge in [-0.3, -0.25) is 4.79 Å². The summed E-state index contributed by atoms with van der Waals surface area (Å²) in [5.41, 5.74) is 2.77. The van der Waals surface area contributed by atoms with E-state index in [2.05, 4.69) is 10.1 Å². The summed E-state index contributed by atoms with van der Waals surface area (Å²) in [6, 6.07) is 8.77. The number of hydrogen-bond donors (Lipinski definition) is 2. The predicted octanol–water partition coefficient (Wildman–Crippen LogP) is 4.04.